The van der Waals surface area contributed by atoms with Crippen molar-refractivity contribution in [1.29, 1.82) is 0 Å². The molecular weight excluding hydrogens is 298 g/mol. The van der Waals surface area contributed by atoms with Gasteiger partial charge in [0.1, 0.15) is 5.75 Å². The summed E-state index contributed by atoms with van der Waals surface area (Å²) in [5.41, 5.74) is 1.29. The molecule has 0 saturated heterocycles. The Bertz CT molecular complexity index is 640. The summed E-state index contributed by atoms with van der Waals surface area (Å²) in [6.07, 6.45) is 1.52. The number of aromatic hydroxyl groups is 1. The van der Waals surface area contributed by atoms with Crippen LogP contribution in [0.25, 0.3) is 0 Å². The predicted molar refractivity (Wildman–Crippen MR) is 88.3 cm³/mol. The van der Waals surface area contributed by atoms with Crippen LogP contribution in [0.3, 0.4) is 0 Å². The lowest BCUT2D eigenvalue weighted by atomic mass is 10.2. The summed E-state index contributed by atoms with van der Waals surface area (Å²) >= 11 is 1.64. The third-order valence-corrected chi connectivity index (χ3v) is 4.40. The maximum absolute atomic E-state index is 12.7. The minimum absolute atomic E-state index is 0.0785. The Morgan fingerprint density at radius 1 is 1.32 bits per heavy atom. The number of aryl methyl sites for hydroxylation is 1. The fraction of sp³-hybridized carbons (Fsp3) is 0.375. The molecule has 0 atom stereocenters. The number of thiophene rings is 1. The third-order valence-electron chi connectivity index (χ3n) is 3.40. The third kappa shape index (κ3) is 4.05. The van der Waals surface area contributed by atoms with Gasteiger partial charge in [-0.2, -0.15) is 0 Å². The molecule has 1 N–H and O–H groups in total. The number of hydrogen-bond donors (Lipinski definition) is 1. The summed E-state index contributed by atoms with van der Waals surface area (Å²) in [5, 5.41) is 11.9. The lowest BCUT2D eigenvalue weighted by Gasteiger charge is -2.24. The Morgan fingerprint density at radius 3 is 2.68 bits per heavy atom. The first kappa shape index (κ1) is 16.5. The van der Waals surface area contributed by atoms with Crippen molar-refractivity contribution >= 4 is 17.2 Å². The zero-order chi connectivity index (χ0) is 16.1. The minimum Gasteiger partial charge on any atom is -0.505 e. The number of nitrogens with zero attached hydrogens (tertiary/aromatic N) is 3. The van der Waals surface area contributed by atoms with E-state index in [1.165, 1.54) is 17.8 Å². The Hall–Kier alpha value is -1.92. The molecule has 2 aromatic rings. The van der Waals surface area contributed by atoms with E-state index in [1.54, 1.807) is 22.3 Å². The number of amides is 1. The van der Waals surface area contributed by atoms with Crippen LogP contribution in [0.15, 0.2) is 29.8 Å². The van der Waals surface area contributed by atoms with Gasteiger partial charge in [0.2, 0.25) is 0 Å². The van der Waals surface area contributed by atoms with E-state index < -0.39 is 0 Å². The average Bonchev–Trinajstić information content (AvgIpc) is 2.88. The number of carbonyl (C=O) groups excluding carboxylic acids is 1. The highest BCUT2D eigenvalue weighted by Crippen LogP contribution is 2.21. The molecule has 2 aromatic heterocycles. The van der Waals surface area contributed by atoms with Crippen molar-refractivity contribution in [3.05, 3.63) is 45.9 Å². The van der Waals surface area contributed by atoms with Crippen molar-refractivity contribution < 1.29 is 9.90 Å². The Balaban J connectivity index is 2.21. The number of pyridine rings is 1. The van der Waals surface area contributed by atoms with Crippen molar-refractivity contribution in [2.45, 2.75) is 13.5 Å². The Labute approximate surface area is 134 Å². The van der Waals surface area contributed by atoms with Crippen LogP contribution in [-0.2, 0) is 6.54 Å². The summed E-state index contributed by atoms with van der Waals surface area (Å²) in [6.45, 7) is 3.91. The highest BCUT2D eigenvalue weighted by Gasteiger charge is 2.21. The Morgan fingerprint density at radius 2 is 2.09 bits per heavy atom. The summed E-state index contributed by atoms with van der Waals surface area (Å²) in [6, 6.07) is 5.15. The van der Waals surface area contributed by atoms with Gasteiger partial charge in [0.25, 0.3) is 5.91 Å². The largest absolute Gasteiger partial charge is 0.505 e. The normalized spacial score (nSPS) is 10.9. The van der Waals surface area contributed by atoms with Crippen LogP contribution in [0.1, 0.15) is 20.9 Å². The zero-order valence-corrected chi connectivity index (χ0v) is 13.9. The number of aromatic nitrogens is 1. The fourth-order valence-corrected chi connectivity index (χ4v) is 2.94. The van der Waals surface area contributed by atoms with Gasteiger partial charge in [-0.1, -0.05) is 0 Å². The first-order valence-electron chi connectivity index (χ1n) is 7.10. The molecule has 0 fully saturated rings. The lowest BCUT2D eigenvalue weighted by molar-refractivity contribution is 0.0724. The second-order valence-corrected chi connectivity index (χ2v) is 6.43. The number of hydrogen-bond acceptors (Lipinski definition) is 5. The van der Waals surface area contributed by atoms with Crippen LogP contribution in [0.2, 0.25) is 0 Å². The number of rotatable bonds is 6. The average molecular weight is 319 g/mol. The molecule has 0 radical (unpaired) electrons. The molecule has 0 unspecified atom stereocenters. The van der Waals surface area contributed by atoms with Crippen molar-refractivity contribution in [3.8, 4) is 5.75 Å². The number of likely N-dealkylation sites (N-methyl/N-ethyl adjacent to an activating group) is 1. The van der Waals surface area contributed by atoms with Crippen LogP contribution >= 0.6 is 11.3 Å². The molecule has 22 heavy (non-hydrogen) atoms. The molecule has 0 spiro atoms. The summed E-state index contributed by atoms with van der Waals surface area (Å²) in [5.74, 6) is -0.321. The van der Waals surface area contributed by atoms with Crippen LogP contribution in [0.5, 0.6) is 5.75 Å². The van der Waals surface area contributed by atoms with E-state index in [1.807, 2.05) is 37.4 Å². The molecule has 5 nitrogen and oxygen atoms in total. The van der Waals surface area contributed by atoms with E-state index in [9.17, 15) is 9.90 Å². The molecule has 0 aliphatic heterocycles. The molecule has 0 aromatic carbocycles. The van der Waals surface area contributed by atoms with Crippen LogP contribution in [0, 0.1) is 6.92 Å². The summed E-state index contributed by atoms with van der Waals surface area (Å²) < 4.78 is 0. The van der Waals surface area contributed by atoms with E-state index in [4.69, 9.17) is 0 Å². The van der Waals surface area contributed by atoms with Gasteiger partial charge in [-0.15, -0.1) is 11.3 Å². The Kier molecular flexibility index (Phi) is 5.51. The smallest absolute Gasteiger partial charge is 0.276 e. The fourth-order valence-electron chi connectivity index (χ4n) is 2.02. The van der Waals surface area contributed by atoms with Crippen LogP contribution in [-0.4, -0.2) is 53.0 Å². The van der Waals surface area contributed by atoms with Gasteiger partial charge in [0.15, 0.2) is 5.69 Å². The van der Waals surface area contributed by atoms with Crippen molar-refractivity contribution in [2.75, 3.05) is 27.2 Å². The number of carbonyl (C=O) groups is 1. The van der Waals surface area contributed by atoms with E-state index >= 15 is 0 Å². The first-order chi connectivity index (χ1) is 10.5. The molecule has 2 heterocycles. The van der Waals surface area contributed by atoms with E-state index in [2.05, 4.69) is 4.98 Å². The van der Waals surface area contributed by atoms with Crippen LogP contribution < -0.4 is 0 Å². The van der Waals surface area contributed by atoms with E-state index in [0.717, 1.165) is 11.4 Å². The van der Waals surface area contributed by atoms with E-state index in [-0.39, 0.29) is 17.4 Å². The highest BCUT2D eigenvalue weighted by molar-refractivity contribution is 7.10. The van der Waals surface area contributed by atoms with Crippen molar-refractivity contribution in [1.82, 2.24) is 14.8 Å². The molecule has 1 amide bonds. The maximum Gasteiger partial charge on any atom is 0.276 e. The van der Waals surface area contributed by atoms with E-state index in [0.29, 0.717) is 13.1 Å². The van der Waals surface area contributed by atoms with Crippen molar-refractivity contribution in [3.63, 3.8) is 0 Å². The lowest BCUT2D eigenvalue weighted by Crippen LogP contribution is -2.36. The monoisotopic (exact) mass is 319 g/mol. The molecular formula is C16H21N3O2S. The minimum atomic E-state index is -0.243. The van der Waals surface area contributed by atoms with Gasteiger partial charge in [0, 0.05) is 24.2 Å². The quantitative estimate of drug-likeness (QED) is 0.888. The molecule has 0 bridgehead atoms. The van der Waals surface area contributed by atoms with Gasteiger partial charge < -0.3 is 14.9 Å². The van der Waals surface area contributed by atoms with Crippen molar-refractivity contribution in [2.24, 2.45) is 0 Å². The second kappa shape index (κ2) is 7.38. The standard InChI is InChI=1S/C16H21N3O2S/c1-12-6-10-22-14(12)11-19(9-8-18(2)3)16(21)15-13(20)5-4-7-17-15/h4-7,10,20H,8-9,11H2,1-3H3. The predicted octanol–water partition coefficient (Wildman–Crippen LogP) is 2.36. The SMILES string of the molecule is Cc1ccsc1CN(CCN(C)C)C(=O)c1ncccc1O. The first-order valence-corrected chi connectivity index (χ1v) is 7.98. The van der Waals surface area contributed by atoms with Gasteiger partial charge in [0.05, 0.1) is 6.54 Å². The van der Waals surface area contributed by atoms with Crippen LogP contribution in [0.4, 0.5) is 0 Å². The summed E-state index contributed by atoms with van der Waals surface area (Å²) in [4.78, 5) is 21.7. The van der Waals surface area contributed by atoms with Gasteiger partial charge in [-0.3, -0.25) is 4.79 Å². The molecule has 118 valence electrons. The molecule has 0 aliphatic carbocycles. The van der Waals surface area contributed by atoms with Gasteiger partial charge >= 0.3 is 0 Å². The molecule has 6 heteroatoms. The highest BCUT2D eigenvalue weighted by atomic mass is 32.1. The molecule has 0 aliphatic rings. The molecule has 0 saturated carbocycles. The maximum atomic E-state index is 12.7. The topological polar surface area (TPSA) is 56.7 Å². The zero-order valence-electron chi connectivity index (χ0n) is 13.1. The van der Waals surface area contributed by atoms with Gasteiger partial charge in [-0.25, -0.2) is 4.98 Å². The second-order valence-electron chi connectivity index (χ2n) is 5.43. The van der Waals surface area contributed by atoms with Gasteiger partial charge in [-0.05, 0) is 50.2 Å². The molecule has 2 rings (SSSR count). The summed E-state index contributed by atoms with van der Waals surface area (Å²) in [7, 11) is 3.94.